The van der Waals surface area contributed by atoms with Crippen LogP contribution in [0.4, 0.5) is 0 Å². The van der Waals surface area contributed by atoms with E-state index in [9.17, 15) is 5.11 Å². The van der Waals surface area contributed by atoms with Crippen molar-refractivity contribution in [1.29, 1.82) is 0 Å². The number of fused-ring (bicyclic) bond motifs is 2. The second-order valence-electron chi connectivity index (χ2n) is 7.93. The van der Waals surface area contributed by atoms with Crippen LogP contribution in [-0.4, -0.2) is 61.2 Å². The zero-order chi connectivity index (χ0) is 15.5. The molecule has 0 radical (unpaired) electrons. The summed E-state index contributed by atoms with van der Waals surface area (Å²) in [5, 5.41) is 10.2. The number of aliphatic hydroxyl groups is 1. The van der Waals surface area contributed by atoms with Crippen molar-refractivity contribution in [1.82, 2.24) is 4.90 Å². The van der Waals surface area contributed by atoms with E-state index < -0.39 is 0 Å². The molecule has 1 saturated heterocycles. The summed E-state index contributed by atoms with van der Waals surface area (Å²) in [6.07, 6.45) is 7.16. The topological polar surface area (TPSA) is 41.9 Å². The Kier molecular flexibility index (Phi) is 5.77. The van der Waals surface area contributed by atoms with Gasteiger partial charge in [0, 0.05) is 26.2 Å². The van der Waals surface area contributed by atoms with Crippen molar-refractivity contribution in [2.75, 3.05) is 32.8 Å². The van der Waals surface area contributed by atoms with Gasteiger partial charge in [-0.3, -0.25) is 4.90 Å². The lowest BCUT2D eigenvalue weighted by molar-refractivity contribution is -0.0823. The number of rotatable bonds is 7. The lowest BCUT2D eigenvalue weighted by atomic mass is 9.87. The summed E-state index contributed by atoms with van der Waals surface area (Å²) in [7, 11) is 0. The third kappa shape index (κ3) is 4.44. The highest BCUT2D eigenvalue weighted by atomic mass is 16.5. The van der Waals surface area contributed by atoms with Crippen molar-refractivity contribution < 1.29 is 14.6 Å². The van der Waals surface area contributed by atoms with Crippen LogP contribution >= 0.6 is 0 Å². The quantitative estimate of drug-likeness (QED) is 0.733. The van der Waals surface area contributed by atoms with Gasteiger partial charge < -0.3 is 14.6 Å². The predicted octanol–water partition coefficient (Wildman–Crippen LogP) is 2.30. The summed E-state index contributed by atoms with van der Waals surface area (Å²) >= 11 is 0. The monoisotopic (exact) mass is 311 g/mol. The minimum absolute atomic E-state index is 0.259. The first-order chi connectivity index (χ1) is 10.6. The van der Waals surface area contributed by atoms with Gasteiger partial charge in [0.05, 0.1) is 24.9 Å². The Hall–Kier alpha value is -0.160. The molecule has 1 heterocycles. The molecule has 0 aromatic heterocycles. The summed E-state index contributed by atoms with van der Waals surface area (Å²) in [6.45, 7) is 8.01. The Morgan fingerprint density at radius 2 is 1.95 bits per heavy atom. The Morgan fingerprint density at radius 3 is 2.59 bits per heavy atom. The summed E-state index contributed by atoms with van der Waals surface area (Å²) < 4.78 is 11.5. The van der Waals surface area contributed by atoms with Crippen molar-refractivity contribution in [2.24, 2.45) is 17.8 Å². The Morgan fingerprint density at radius 1 is 1.18 bits per heavy atom. The zero-order valence-corrected chi connectivity index (χ0v) is 14.2. The maximum atomic E-state index is 10.2. The molecule has 4 nitrogen and oxygen atoms in total. The second-order valence-corrected chi connectivity index (χ2v) is 7.93. The molecule has 0 aromatic rings. The fourth-order valence-electron chi connectivity index (χ4n) is 4.97. The summed E-state index contributed by atoms with van der Waals surface area (Å²) in [6, 6.07) is 0. The molecule has 0 amide bonds. The van der Waals surface area contributed by atoms with Gasteiger partial charge in [-0.15, -0.1) is 0 Å². The van der Waals surface area contributed by atoms with Gasteiger partial charge in [-0.2, -0.15) is 0 Å². The molecule has 22 heavy (non-hydrogen) atoms. The van der Waals surface area contributed by atoms with E-state index in [1.165, 1.54) is 32.1 Å². The fraction of sp³-hybridized carbons (Fsp3) is 1.00. The van der Waals surface area contributed by atoms with E-state index in [-0.39, 0.29) is 18.3 Å². The maximum Gasteiger partial charge on any atom is 0.0900 e. The molecule has 3 rings (SSSR count). The van der Waals surface area contributed by atoms with Crippen molar-refractivity contribution >= 4 is 0 Å². The third-order valence-electron chi connectivity index (χ3n) is 5.79. The van der Waals surface area contributed by atoms with Crippen LogP contribution in [0.15, 0.2) is 0 Å². The van der Waals surface area contributed by atoms with Crippen LogP contribution in [0.2, 0.25) is 0 Å². The van der Waals surface area contributed by atoms with E-state index in [4.69, 9.17) is 9.47 Å². The molecule has 2 aliphatic carbocycles. The van der Waals surface area contributed by atoms with E-state index in [0.717, 1.165) is 37.5 Å². The number of β-amino-alcohol motifs (C(OH)–C–C–N with tert-alkyl or cyclic N) is 1. The molecule has 4 heteroatoms. The molecule has 2 bridgehead atoms. The van der Waals surface area contributed by atoms with Crippen molar-refractivity contribution in [3.63, 3.8) is 0 Å². The van der Waals surface area contributed by atoms with Crippen LogP contribution in [0, 0.1) is 17.8 Å². The van der Waals surface area contributed by atoms with Gasteiger partial charge in [0.15, 0.2) is 0 Å². The SMILES string of the molecule is C[C@@H]1CN(C[C@H](O)COCC[C@H]2C[C@H]3CC[C@H]2C3)C[C@H](C)O1. The molecular formula is C18H33NO3. The molecule has 0 spiro atoms. The zero-order valence-electron chi connectivity index (χ0n) is 14.2. The number of aliphatic hydroxyl groups excluding tert-OH is 1. The summed E-state index contributed by atoms with van der Waals surface area (Å²) in [5.41, 5.74) is 0. The van der Waals surface area contributed by atoms with E-state index in [0.29, 0.717) is 13.2 Å². The van der Waals surface area contributed by atoms with Crippen LogP contribution in [0.1, 0.15) is 46.0 Å². The fourth-order valence-corrected chi connectivity index (χ4v) is 4.97. The molecule has 128 valence electrons. The highest BCUT2D eigenvalue weighted by Gasteiger charge is 2.38. The van der Waals surface area contributed by atoms with Crippen molar-refractivity contribution in [3.05, 3.63) is 0 Å². The molecule has 2 saturated carbocycles. The number of morpholine rings is 1. The van der Waals surface area contributed by atoms with Gasteiger partial charge in [-0.25, -0.2) is 0 Å². The number of hydrogen-bond donors (Lipinski definition) is 1. The summed E-state index contributed by atoms with van der Waals surface area (Å²) in [5.74, 6) is 2.90. The van der Waals surface area contributed by atoms with Crippen molar-refractivity contribution in [2.45, 2.75) is 64.3 Å². The highest BCUT2D eigenvalue weighted by Crippen LogP contribution is 2.49. The average molecular weight is 311 g/mol. The largest absolute Gasteiger partial charge is 0.389 e. The molecule has 0 unspecified atom stereocenters. The van der Waals surface area contributed by atoms with E-state index in [2.05, 4.69) is 18.7 Å². The van der Waals surface area contributed by atoms with Gasteiger partial charge in [0.2, 0.25) is 0 Å². The molecule has 6 atom stereocenters. The number of nitrogens with zero attached hydrogens (tertiary/aromatic N) is 1. The lowest BCUT2D eigenvalue weighted by Gasteiger charge is -2.36. The van der Waals surface area contributed by atoms with Crippen LogP contribution in [0.25, 0.3) is 0 Å². The predicted molar refractivity (Wildman–Crippen MR) is 86.8 cm³/mol. The van der Waals surface area contributed by atoms with Gasteiger partial charge in [-0.1, -0.05) is 6.42 Å². The first-order valence-corrected chi connectivity index (χ1v) is 9.23. The Labute approximate surface area is 135 Å². The van der Waals surface area contributed by atoms with Crippen LogP contribution < -0.4 is 0 Å². The lowest BCUT2D eigenvalue weighted by Crippen LogP contribution is -2.48. The minimum Gasteiger partial charge on any atom is -0.389 e. The third-order valence-corrected chi connectivity index (χ3v) is 5.79. The molecule has 3 aliphatic rings. The smallest absolute Gasteiger partial charge is 0.0900 e. The van der Waals surface area contributed by atoms with Gasteiger partial charge in [-0.05, 0) is 57.3 Å². The van der Waals surface area contributed by atoms with Crippen LogP contribution in [0.3, 0.4) is 0 Å². The Bertz CT molecular complexity index is 341. The van der Waals surface area contributed by atoms with E-state index in [1.807, 2.05) is 0 Å². The van der Waals surface area contributed by atoms with Crippen molar-refractivity contribution in [3.8, 4) is 0 Å². The summed E-state index contributed by atoms with van der Waals surface area (Å²) in [4.78, 5) is 2.29. The first-order valence-electron chi connectivity index (χ1n) is 9.23. The molecular weight excluding hydrogens is 278 g/mol. The van der Waals surface area contributed by atoms with Gasteiger partial charge >= 0.3 is 0 Å². The van der Waals surface area contributed by atoms with Gasteiger partial charge in [0.25, 0.3) is 0 Å². The van der Waals surface area contributed by atoms with Gasteiger partial charge in [0.1, 0.15) is 0 Å². The molecule has 1 aliphatic heterocycles. The standard InChI is InChI=1S/C18H33NO3/c1-13-9-19(10-14(2)22-13)11-18(20)12-21-6-5-17-8-15-3-4-16(17)7-15/h13-18,20H,3-12H2,1-2H3/t13-,14+,15-,16-,17-,18-/m0/s1. The van der Waals surface area contributed by atoms with Crippen LogP contribution in [-0.2, 0) is 9.47 Å². The Balaban J connectivity index is 1.27. The van der Waals surface area contributed by atoms with E-state index >= 15 is 0 Å². The first kappa shape index (κ1) is 16.7. The number of hydrogen-bond acceptors (Lipinski definition) is 4. The second kappa shape index (κ2) is 7.61. The normalized spacial score (nSPS) is 40.2. The minimum atomic E-state index is -0.377. The highest BCUT2D eigenvalue weighted by molar-refractivity contribution is 4.89. The molecule has 0 aromatic carbocycles. The van der Waals surface area contributed by atoms with E-state index in [1.54, 1.807) is 0 Å². The molecule has 3 fully saturated rings. The average Bonchev–Trinajstić information content (AvgIpc) is 3.05. The maximum absolute atomic E-state index is 10.2. The molecule has 1 N–H and O–H groups in total. The van der Waals surface area contributed by atoms with Crippen LogP contribution in [0.5, 0.6) is 0 Å². The number of ether oxygens (including phenoxy) is 2.